The fourth-order valence-electron chi connectivity index (χ4n) is 2.05. The predicted molar refractivity (Wildman–Crippen MR) is 77.9 cm³/mol. The quantitative estimate of drug-likeness (QED) is 0.671. The summed E-state index contributed by atoms with van der Waals surface area (Å²) >= 11 is 0. The number of amides is 1. The Morgan fingerprint density at radius 1 is 1.50 bits per heavy atom. The molecule has 1 aromatic rings. The maximum Gasteiger partial charge on any atom is 0.271 e. The monoisotopic (exact) mass is 330 g/mol. The van der Waals surface area contributed by atoms with Gasteiger partial charge in [-0.1, -0.05) is 0 Å². The van der Waals surface area contributed by atoms with E-state index in [-0.39, 0.29) is 30.6 Å². The number of hydrogen-bond donors (Lipinski definition) is 2. The van der Waals surface area contributed by atoms with Crippen molar-refractivity contribution < 1.29 is 17.9 Å². The molecule has 0 aromatic carbocycles. The van der Waals surface area contributed by atoms with Crippen LogP contribution in [0, 0.1) is 5.92 Å². The van der Waals surface area contributed by atoms with Crippen molar-refractivity contribution in [3.63, 3.8) is 0 Å². The molecule has 2 heterocycles. The largest absolute Gasteiger partial charge is 0.379 e. The second-order valence-electron chi connectivity index (χ2n) is 5.23. The SMILES string of the molecule is CN(C)S(=O)(=O)C[C@@H]1COC[C@@H]1NC(=O)c1c[nH]c(=O)cn1. The molecule has 1 fully saturated rings. The van der Waals surface area contributed by atoms with Crippen LogP contribution in [0.4, 0.5) is 0 Å². The topological polar surface area (TPSA) is 121 Å². The van der Waals surface area contributed by atoms with Gasteiger partial charge in [-0.3, -0.25) is 9.59 Å². The molecular formula is C12H18N4O5S. The van der Waals surface area contributed by atoms with Crippen LogP contribution in [0.15, 0.2) is 17.2 Å². The van der Waals surface area contributed by atoms with Crippen molar-refractivity contribution in [2.75, 3.05) is 33.1 Å². The number of ether oxygens (including phenoxy) is 1. The van der Waals surface area contributed by atoms with Gasteiger partial charge in [-0.25, -0.2) is 17.7 Å². The van der Waals surface area contributed by atoms with Crippen molar-refractivity contribution in [1.82, 2.24) is 19.6 Å². The number of aromatic amines is 1. The molecular weight excluding hydrogens is 312 g/mol. The van der Waals surface area contributed by atoms with Gasteiger partial charge in [-0.15, -0.1) is 0 Å². The summed E-state index contributed by atoms with van der Waals surface area (Å²) < 4.78 is 30.3. The van der Waals surface area contributed by atoms with Gasteiger partial charge in [0.1, 0.15) is 5.69 Å². The number of aromatic nitrogens is 2. The third-order valence-electron chi connectivity index (χ3n) is 3.40. The van der Waals surface area contributed by atoms with Crippen molar-refractivity contribution in [2.24, 2.45) is 5.92 Å². The van der Waals surface area contributed by atoms with Gasteiger partial charge < -0.3 is 15.0 Å². The first-order valence-corrected chi connectivity index (χ1v) is 8.24. The van der Waals surface area contributed by atoms with Crippen LogP contribution >= 0.6 is 0 Å². The van der Waals surface area contributed by atoms with E-state index in [0.717, 1.165) is 10.5 Å². The lowest BCUT2D eigenvalue weighted by atomic mass is 10.1. The molecule has 9 nitrogen and oxygen atoms in total. The summed E-state index contributed by atoms with van der Waals surface area (Å²) in [5.41, 5.74) is -0.351. The van der Waals surface area contributed by atoms with Crippen LogP contribution in [-0.2, 0) is 14.8 Å². The molecule has 0 spiro atoms. The van der Waals surface area contributed by atoms with Gasteiger partial charge >= 0.3 is 0 Å². The molecule has 1 aliphatic rings. The Morgan fingerprint density at radius 3 is 2.82 bits per heavy atom. The molecule has 0 bridgehead atoms. The summed E-state index contributed by atoms with van der Waals surface area (Å²) in [5.74, 6) is -0.928. The number of hydrogen-bond acceptors (Lipinski definition) is 6. The summed E-state index contributed by atoms with van der Waals surface area (Å²) in [7, 11) is -0.459. The second kappa shape index (κ2) is 6.55. The van der Waals surface area contributed by atoms with E-state index >= 15 is 0 Å². The van der Waals surface area contributed by atoms with Gasteiger partial charge in [0.15, 0.2) is 0 Å². The highest BCUT2D eigenvalue weighted by Gasteiger charge is 2.34. The second-order valence-corrected chi connectivity index (χ2v) is 7.46. The minimum absolute atomic E-state index is 0.0562. The lowest BCUT2D eigenvalue weighted by molar-refractivity contribution is 0.0920. The third kappa shape index (κ3) is 3.90. The molecule has 2 N–H and O–H groups in total. The Kier molecular flexibility index (Phi) is 4.94. The zero-order valence-corrected chi connectivity index (χ0v) is 13.1. The van der Waals surface area contributed by atoms with E-state index in [0.29, 0.717) is 0 Å². The van der Waals surface area contributed by atoms with Crippen molar-refractivity contribution in [3.05, 3.63) is 28.4 Å². The molecule has 22 heavy (non-hydrogen) atoms. The minimum atomic E-state index is -3.38. The lowest BCUT2D eigenvalue weighted by Gasteiger charge is -2.20. The number of carbonyl (C=O) groups excluding carboxylic acids is 1. The summed E-state index contributed by atoms with van der Waals surface area (Å²) in [4.78, 5) is 29.0. The van der Waals surface area contributed by atoms with Gasteiger partial charge in [0.25, 0.3) is 11.5 Å². The lowest BCUT2D eigenvalue weighted by Crippen LogP contribution is -2.43. The molecule has 10 heteroatoms. The van der Waals surface area contributed by atoms with Gasteiger partial charge in [0.2, 0.25) is 10.0 Å². The summed E-state index contributed by atoms with van der Waals surface area (Å²) in [6, 6.07) is -0.420. The first-order chi connectivity index (χ1) is 10.3. The third-order valence-corrected chi connectivity index (χ3v) is 5.36. The number of rotatable bonds is 5. The molecule has 0 radical (unpaired) electrons. The van der Waals surface area contributed by atoms with E-state index in [2.05, 4.69) is 15.3 Å². The van der Waals surface area contributed by atoms with Gasteiger partial charge in [-0.05, 0) is 0 Å². The zero-order chi connectivity index (χ0) is 16.3. The zero-order valence-electron chi connectivity index (χ0n) is 12.3. The van der Waals surface area contributed by atoms with E-state index in [9.17, 15) is 18.0 Å². The van der Waals surface area contributed by atoms with Crippen LogP contribution in [0.1, 0.15) is 10.5 Å². The summed E-state index contributed by atoms with van der Waals surface area (Å²) in [6.45, 7) is 0.500. The molecule has 0 unspecified atom stereocenters. The Hall–Kier alpha value is -1.78. The van der Waals surface area contributed by atoms with Gasteiger partial charge in [0, 0.05) is 26.2 Å². The Labute approximate surface area is 127 Å². The molecule has 1 aliphatic heterocycles. The molecule has 0 aliphatic carbocycles. The molecule has 1 saturated heterocycles. The maximum atomic E-state index is 12.0. The van der Waals surface area contributed by atoms with E-state index < -0.39 is 27.5 Å². The highest BCUT2D eigenvalue weighted by atomic mass is 32.2. The van der Waals surface area contributed by atoms with Crippen LogP contribution in [0.2, 0.25) is 0 Å². The molecule has 2 rings (SSSR count). The number of carbonyl (C=O) groups is 1. The van der Waals surface area contributed by atoms with Crippen molar-refractivity contribution >= 4 is 15.9 Å². The fraction of sp³-hybridized carbons (Fsp3) is 0.583. The number of sulfonamides is 1. The summed E-state index contributed by atoms with van der Waals surface area (Å²) in [5, 5.41) is 2.69. The summed E-state index contributed by atoms with van der Waals surface area (Å²) in [6.07, 6.45) is 2.22. The number of nitrogens with zero attached hydrogens (tertiary/aromatic N) is 2. The molecule has 122 valence electrons. The van der Waals surface area contributed by atoms with Crippen LogP contribution < -0.4 is 10.9 Å². The van der Waals surface area contributed by atoms with Crippen LogP contribution in [0.5, 0.6) is 0 Å². The molecule has 1 aromatic heterocycles. The predicted octanol–water partition coefficient (Wildman–Crippen LogP) is -1.59. The van der Waals surface area contributed by atoms with E-state index in [4.69, 9.17) is 4.74 Å². The number of H-pyrrole nitrogens is 1. The van der Waals surface area contributed by atoms with E-state index in [1.54, 1.807) is 0 Å². The standard InChI is InChI=1S/C12H18N4O5S/c1-16(2)22(19,20)7-8-5-21-6-10(8)15-12(18)9-3-14-11(17)4-13-9/h3-4,8,10H,5-7H2,1-2H3,(H,14,17)(H,15,18)/t8-,10-/m0/s1. The van der Waals surface area contributed by atoms with Crippen molar-refractivity contribution in [1.29, 1.82) is 0 Å². The van der Waals surface area contributed by atoms with Crippen molar-refractivity contribution in [3.8, 4) is 0 Å². The van der Waals surface area contributed by atoms with Crippen LogP contribution in [0.25, 0.3) is 0 Å². The average Bonchev–Trinajstić information content (AvgIpc) is 2.85. The molecule has 1 amide bonds. The Balaban J connectivity index is 2.03. The number of nitrogens with one attached hydrogen (secondary N) is 2. The molecule has 2 atom stereocenters. The Morgan fingerprint density at radius 2 is 2.23 bits per heavy atom. The van der Waals surface area contributed by atoms with E-state index in [1.807, 2.05) is 0 Å². The Bertz CT molecular complexity index is 679. The molecule has 0 saturated carbocycles. The van der Waals surface area contributed by atoms with Crippen molar-refractivity contribution in [2.45, 2.75) is 6.04 Å². The average molecular weight is 330 g/mol. The first kappa shape index (κ1) is 16.6. The maximum absolute atomic E-state index is 12.0. The first-order valence-electron chi connectivity index (χ1n) is 6.63. The highest BCUT2D eigenvalue weighted by Crippen LogP contribution is 2.17. The fourth-order valence-corrected chi connectivity index (χ4v) is 3.22. The van der Waals surface area contributed by atoms with Crippen LogP contribution in [0.3, 0.4) is 0 Å². The smallest absolute Gasteiger partial charge is 0.271 e. The van der Waals surface area contributed by atoms with Gasteiger partial charge in [-0.2, -0.15) is 0 Å². The van der Waals surface area contributed by atoms with E-state index in [1.165, 1.54) is 20.3 Å². The minimum Gasteiger partial charge on any atom is -0.379 e. The normalized spacial score (nSPS) is 22.0. The van der Waals surface area contributed by atoms with Gasteiger partial charge in [0.05, 0.1) is 31.2 Å². The van der Waals surface area contributed by atoms with Crippen LogP contribution in [-0.4, -0.2) is 67.7 Å². The highest BCUT2D eigenvalue weighted by molar-refractivity contribution is 7.89.